The van der Waals surface area contributed by atoms with E-state index in [-0.39, 0.29) is 0 Å². The highest BCUT2D eigenvalue weighted by atomic mass is 32.2. The summed E-state index contributed by atoms with van der Waals surface area (Å²) in [5.74, 6) is 1.05. The van der Waals surface area contributed by atoms with Crippen molar-refractivity contribution in [2.24, 2.45) is 5.73 Å². The van der Waals surface area contributed by atoms with Crippen molar-refractivity contribution in [2.75, 3.05) is 6.54 Å². The number of rotatable bonds is 5. The van der Waals surface area contributed by atoms with Crippen molar-refractivity contribution in [2.45, 2.75) is 24.3 Å². The zero-order valence-corrected chi connectivity index (χ0v) is 10.9. The van der Waals surface area contributed by atoms with Gasteiger partial charge in [0.1, 0.15) is 0 Å². The Kier molecular flexibility index (Phi) is 4.40. The van der Waals surface area contributed by atoms with Crippen molar-refractivity contribution in [3.63, 3.8) is 0 Å². The Bertz CT molecular complexity index is 484. The van der Waals surface area contributed by atoms with Gasteiger partial charge in [-0.2, -0.15) is 11.8 Å². The van der Waals surface area contributed by atoms with Crippen LogP contribution in [-0.2, 0) is 5.75 Å². The Morgan fingerprint density at radius 1 is 1.35 bits per heavy atom. The van der Waals surface area contributed by atoms with E-state index in [2.05, 4.69) is 36.2 Å². The number of fused-ring (bicyclic) bond motifs is 1. The molecule has 2 N–H and O–H groups in total. The summed E-state index contributed by atoms with van der Waals surface area (Å²) in [6.45, 7) is 3.01. The molecule has 3 heteroatoms. The van der Waals surface area contributed by atoms with Crippen LogP contribution >= 0.6 is 11.8 Å². The number of pyridine rings is 1. The van der Waals surface area contributed by atoms with Gasteiger partial charge in [0.25, 0.3) is 0 Å². The predicted molar refractivity (Wildman–Crippen MR) is 76.2 cm³/mol. The number of hydrogen-bond acceptors (Lipinski definition) is 3. The molecular weight excluding hydrogens is 228 g/mol. The lowest BCUT2D eigenvalue weighted by molar-refractivity contribution is 0.823. The second-order valence-electron chi connectivity index (χ2n) is 4.23. The first-order chi connectivity index (χ1) is 8.29. The van der Waals surface area contributed by atoms with E-state index in [1.807, 2.05) is 24.0 Å². The highest BCUT2D eigenvalue weighted by molar-refractivity contribution is 7.99. The van der Waals surface area contributed by atoms with Crippen LogP contribution in [0.4, 0.5) is 0 Å². The van der Waals surface area contributed by atoms with E-state index in [0.717, 1.165) is 24.2 Å². The fraction of sp³-hybridized carbons (Fsp3) is 0.357. The first-order valence-electron chi connectivity index (χ1n) is 5.95. The molecule has 17 heavy (non-hydrogen) atoms. The summed E-state index contributed by atoms with van der Waals surface area (Å²) in [5.41, 5.74) is 7.98. The van der Waals surface area contributed by atoms with Gasteiger partial charge < -0.3 is 5.73 Å². The van der Waals surface area contributed by atoms with E-state index in [1.54, 1.807) is 0 Å². The van der Waals surface area contributed by atoms with E-state index in [4.69, 9.17) is 5.73 Å². The molecule has 0 radical (unpaired) electrons. The maximum Gasteiger partial charge on any atom is 0.0702 e. The minimum Gasteiger partial charge on any atom is -0.330 e. The Hall–Kier alpha value is -1.06. The molecule has 0 amide bonds. The topological polar surface area (TPSA) is 38.9 Å². The molecule has 1 aromatic carbocycles. The Morgan fingerprint density at radius 3 is 3.06 bits per heavy atom. The maximum absolute atomic E-state index is 5.55. The average Bonchev–Trinajstić information content (AvgIpc) is 2.36. The summed E-state index contributed by atoms with van der Waals surface area (Å²) in [4.78, 5) is 4.32. The SMILES string of the molecule is CC(CCN)SCc1ccc2ncccc2c1. The monoisotopic (exact) mass is 246 g/mol. The van der Waals surface area contributed by atoms with E-state index in [1.165, 1.54) is 10.9 Å². The van der Waals surface area contributed by atoms with Crippen LogP contribution in [0.15, 0.2) is 36.5 Å². The van der Waals surface area contributed by atoms with Crippen molar-refractivity contribution in [1.82, 2.24) is 4.98 Å². The molecule has 0 aliphatic heterocycles. The number of hydrogen-bond donors (Lipinski definition) is 1. The molecule has 1 atom stereocenters. The van der Waals surface area contributed by atoms with Crippen LogP contribution in [0.2, 0.25) is 0 Å². The summed E-state index contributed by atoms with van der Waals surface area (Å²) < 4.78 is 0. The number of benzene rings is 1. The molecule has 0 saturated carbocycles. The molecule has 0 bridgehead atoms. The molecule has 0 aliphatic carbocycles. The highest BCUT2D eigenvalue weighted by Crippen LogP contribution is 2.22. The van der Waals surface area contributed by atoms with E-state index < -0.39 is 0 Å². The van der Waals surface area contributed by atoms with Crippen LogP contribution in [0.1, 0.15) is 18.9 Å². The van der Waals surface area contributed by atoms with Crippen molar-refractivity contribution in [1.29, 1.82) is 0 Å². The van der Waals surface area contributed by atoms with Crippen molar-refractivity contribution in [3.05, 3.63) is 42.1 Å². The Labute approximate surface area is 107 Å². The molecule has 2 rings (SSSR count). The standard InChI is InChI=1S/C14H18N2S/c1-11(6-7-15)17-10-12-4-5-14-13(9-12)3-2-8-16-14/h2-5,8-9,11H,6-7,10,15H2,1H3. The van der Waals surface area contributed by atoms with Gasteiger partial charge in [-0.05, 0) is 36.7 Å². The largest absolute Gasteiger partial charge is 0.330 e. The molecule has 1 heterocycles. The van der Waals surface area contributed by atoms with Gasteiger partial charge in [0, 0.05) is 22.6 Å². The molecule has 0 saturated heterocycles. The number of nitrogens with two attached hydrogens (primary N) is 1. The molecule has 90 valence electrons. The second kappa shape index (κ2) is 6.03. The van der Waals surface area contributed by atoms with Crippen molar-refractivity contribution in [3.8, 4) is 0 Å². The van der Waals surface area contributed by atoms with Crippen LogP contribution < -0.4 is 5.73 Å². The quantitative estimate of drug-likeness (QED) is 0.880. The van der Waals surface area contributed by atoms with Crippen molar-refractivity contribution < 1.29 is 0 Å². The Morgan fingerprint density at radius 2 is 2.24 bits per heavy atom. The van der Waals surface area contributed by atoms with Gasteiger partial charge in [0.05, 0.1) is 5.52 Å². The minimum atomic E-state index is 0.629. The first-order valence-corrected chi connectivity index (χ1v) is 7.00. The molecule has 1 aromatic heterocycles. The number of thioether (sulfide) groups is 1. The van der Waals surface area contributed by atoms with Gasteiger partial charge in [-0.15, -0.1) is 0 Å². The van der Waals surface area contributed by atoms with Crippen LogP contribution in [0.5, 0.6) is 0 Å². The lowest BCUT2D eigenvalue weighted by Crippen LogP contribution is -2.07. The molecule has 2 aromatic rings. The van der Waals surface area contributed by atoms with Crippen LogP contribution in [-0.4, -0.2) is 16.8 Å². The third kappa shape index (κ3) is 3.45. The molecule has 1 unspecified atom stereocenters. The summed E-state index contributed by atoms with van der Waals surface area (Å²) in [7, 11) is 0. The maximum atomic E-state index is 5.55. The number of nitrogens with zero attached hydrogens (tertiary/aromatic N) is 1. The smallest absolute Gasteiger partial charge is 0.0702 e. The van der Waals surface area contributed by atoms with E-state index in [9.17, 15) is 0 Å². The van der Waals surface area contributed by atoms with Gasteiger partial charge >= 0.3 is 0 Å². The predicted octanol–water partition coefficient (Wildman–Crippen LogP) is 3.21. The zero-order chi connectivity index (χ0) is 12.1. The minimum absolute atomic E-state index is 0.629. The van der Waals surface area contributed by atoms with Gasteiger partial charge in [0.2, 0.25) is 0 Å². The van der Waals surface area contributed by atoms with Crippen molar-refractivity contribution >= 4 is 22.7 Å². The zero-order valence-electron chi connectivity index (χ0n) is 10.1. The lowest BCUT2D eigenvalue weighted by Gasteiger charge is -2.09. The summed E-state index contributed by atoms with van der Waals surface area (Å²) in [6.07, 6.45) is 2.92. The lowest BCUT2D eigenvalue weighted by atomic mass is 10.1. The summed E-state index contributed by atoms with van der Waals surface area (Å²) >= 11 is 1.96. The Balaban J connectivity index is 2.04. The third-order valence-corrected chi connectivity index (χ3v) is 4.08. The third-order valence-electron chi connectivity index (χ3n) is 2.78. The van der Waals surface area contributed by atoms with Crippen LogP contribution in [0.25, 0.3) is 10.9 Å². The molecule has 2 nitrogen and oxygen atoms in total. The molecule has 0 fully saturated rings. The fourth-order valence-corrected chi connectivity index (χ4v) is 2.73. The molecular formula is C14H18N2S. The van der Waals surface area contributed by atoms with Crippen LogP contribution in [0.3, 0.4) is 0 Å². The van der Waals surface area contributed by atoms with Gasteiger partial charge in [-0.3, -0.25) is 4.98 Å². The van der Waals surface area contributed by atoms with E-state index in [0.29, 0.717) is 5.25 Å². The van der Waals surface area contributed by atoms with E-state index >= 15 is 0 Å². The fourth-order valence-electron chi connectivity index (χ4n) is 1.77. The van der Waals surface area contributed by atoms with Gasteiger partial charge in [-0.1, -0.05) is 19.1 Å². The molecule has 0 aliphatic rings. The highest BCUT2D eigenvalue weighted by Gasteiger charge is 2.02. The number of aromatic nitrogens is 1. The normalized spacial score (nSPS) is 12.8. The van der Waals surface area contributed by atoms with Gasteiger partial charge in [0.15, 0.2) is 0 Å². The van der Waals surface area contributed by atoms with Gasteiger partial charge in [-0.25, -0.2) is 0 Å². The first kappa shape index (κ1) is 12.4. The molecule has 0 spiro atoms. The van der Waals surface area contributed by atoms with Crippen LogP contribution in [0, 0.1) is 0 Å². The average molecular weight is 246 g/mol. The second-order valence-corrected chi connectivity index (χ2v) is 5.66. The summed E-state index contributed by atoms with van der Waals surface area (Å²) in [5, 5.41) is 1.85. The summed E-state index contributed by atoms with van der Waals surface area (Å²) in [6, 6.07) is 10.6.